The molecule has 3 nitrogen and oxygen atoms in total. The van der Waals surface area contributed by atoms with Crippen molar-refractivity contribution in [1.82, 2.24) is 9.97 Å². The van der Waals surface area contributed by atoms with Crippen LogP contribution in [0.25, 0.3) is 22.3 Å². The third kappa shape index (κ3) is 3.32. The van der Waals surface area contributed by atoms with Gasteiger partial charge in [-0.05, 0) is 55.5 Å². The third-order valence-electron chi connectivity index (χ3n) is 4.02. The zero-order valence-electron chi connectivity index (χ0n) is 13.7. The van der Waals surface area contributed by atoms with E-state index in [0.717, 1.165) is 28.0 Å². The SMILES string of the molecule is Cc1ccc(Nc2nc(-c3ccc(Cl)cc3)nc3ccccc23)cc1. The standard InChI is InChI=1S/C21H16ClN3/c1-14-6-12-17(13-7-14)23-21-18-4-2-3-5-19(18)24-20(25-21)15-8-10-16(22)11-9-15/h2-13H,1H3,(H,23,24,25). The maximum atomic E-state index is 5.99. The van der Waals surface area contributed by atoms with Crippen LogP contribution in [0.15, 0.2) is 72.8 Å². The molecule has 0 spiro atoms. The van der Waals surface area contributed by atoms with Crippen LogP contribution in [0.5, 0.6) is 0 Å². The van der Waals surface area contributed by atoms with Crippen LogP contribution in [0.2, 0.25) is 5.02 Å². The molecular weight excluding hydrogens is 330 g/mol. The van der Waals surface area contributed by atoms with E-state index < -0.39 is 0 Å². The molecule has 0 aliphatic heterocycles. The summed E-state index contributed by atoms with van der Waals surface area (Å²) in [5.74, 6) is 1.46. The number of benzene rings is 3. The highest BCUT2D eigenvalue weighted by Gasteiger charge is 2.09. The molecule has 3 aromatic carbocycles. The minimum Gasteiger partial charge on any atom is -0.340 e. The minimum atomic E-state index is 0.671. The highest BCUT2D eigenvalue weighted by molar-refractivity contribution is 6.30. The van der Waals surface area contributed by atoms with E-state index in [2.05, 4.69) is 24.4 Å². The quantitative estimate of drug-likeness (QED) is 0.494. The van der Waals surface area contributed by atoms with Gasteiger partial charge in [0.2, 0.25) is 0 Å². The highest BCUT2D eigenvalue weighted by Crippen LogP contribution is 2.27. The Bertz CT molecular complexity index is 1030. The number of hydrogen-bond acceptors (Lipinski definition) is 3. The number of nitrogens with zero attached hydrogens (tertiary/aromatic N) is 2. The molecule has 0 unspecified atom stereocenters. The average molecular weight is 346 g/mol. The molecule has 0 fully saturated rings. The number of hydrogen-bond donors (Lipinski definition) is 1. The third-order valence-corrected chi connectivity index (χ3v) is 4.27. The summed E-state index contributed by atoms with van der Waals surface area (Å²) >= 11 is 5.99. The number of nitrogens with one attached hydrogen (secondary N) is 1. The number of anilines is 2. The van der Waals surface area contributed by atoms with Crippen molar-refractivity contribution in [3.8, 4) is 11.4 Å². The molecule has 0 aliphatic rings. The van der Waals surface area contributed by atoms with E-state index in [-0.39, 0.29) is 0 Å². The number of fused-ring (bicyclic) bond motifs is 1. The molecule has 0 bridgehead atoms. The van der Waals surface area contributed by atoms with Crippen LogP contribution in [0, 0.1) is 6.92 Å². The van der Waals surface area contributed by atoms with Crippen LogP contribution in [0.1, 0.15) is 5.56 Å². The normalized spacial score (nSPS) is 10.8. The largest absolute Gasteiger partial charge is 0.340 e. The summed E-state index contributed by atoms with van der Waals surface area (Å²) < 4.78 is 0. The zero-order chi connectivity index (χ0) is 17.2. The van der Waals surface area contributed by atoms with E-state index >= 15 is 0 Å². The van der Waals surface area contributed by atoms with Gasteiger partial charge in [0.1, 0.15) is 5.82 Å². The second-order valence-electron chi connectivity index (χ2n) is 5.91. The maximum absolute atomic E-state index is 5.99. The van der Waals surface area contributed by atoms with Crippen molar-refractivity contribution in [1.29, 1.82) is 0 Å². The summed E-state index contributed by atoms with van der Waals surface area (Å²) in [6, 6.07) is 23.8. The van der Waals surface area contributed by atoms with Gasteiger partial charge in [-0.25, -0.2) is 9.97 Å². The summed E-state index contributed by atoms with van der Waals surface area (Å²) in [4.78, 5) is 9.45. The lowest BCUT2D eigenvalue weighted by Gasteiger charge is -2.11. The summed E-state index contributed by atoms with van der Waals surface area (Å²) in [7, 11) is 0. The lowest BCUT2D eigenvalue weighted by molar-refractivity contribution is 1.22. The topological polar surface area (TPSA) is 37.8 Å². The van der Waals surface area contributed by atoms with Gasteiger partial charge >= 0.3 is 0 Å². The van der Waals surface area contributed by atoms with Gasteiger partial charge in [-0.1, -0.05) is 41.4 Å². The van der Waals surface area contributed by atoms with Crippen LogP contribution in [0.3, 0.4) is 0 Å². The van der Waals surface area contributed by atoms with E-state index in [1.54, 1.807) is 0 Å². The molecule has 122 valence electrons. The summed E-state index contributed by atoms with van der Waals surface area (Å²) in [6.45, 7) is 2.07. The molecule has 0 aliphatic carbocycles. The summed E-state index contributed by atoms with van der Waals surface area (Å²) in [5, 5.41) is 5.10. The van der Waals surface area contributed by atoms with Crippen LogP contribution in [-0.2, 0) is 0 Å². The van der Waals surface area contributed by atoms with Crippen molar-refractivity contribution in [2.75, 3.05) is 5.32 Å². The number of halogens is 1. The minimum absolute atomic E-state index is 0.671. The van der Waals surface area contributed by atoms with Gasteiger partial charge in [-0.15, -0.1) is 0 Å². The molecule has 1 N–H and O–H groups in total. The van der Waals surface area contributed by atoms with Gasteiger partial charge in [0.25, 0.3) is 0 Å². The van der Waals surface area contributed by atoms with Crippen molar-refractivity contribution in [3.05, 3.63) is 83.4 Å². The van der Waals surface area contributed by atoms with Gasteiger partial charge in [-0.2, -0.15) is 0 Å². The van der Waals surface area contributed by atoms with Gasteiger partial charge in [0, 0.05) is 21.7 Å². The second kappa shape index (κ2) is 6.54. The fraction of sp³-hybridized carbons (Fsp3) is 0.0476. The molecular formula is C21H16ClN3. The predicted molar refractivity (Wildman–Crippen MR) is 104 cm³/mol. The van der Waals surface area contributed by atoms with Gasteiger partial charge in [-0.3, -0.25) is 0 Å². The van der Waals surface area contributed by atoms with Gasteiger partial charge in [0.15, 0.2) is 5.82 Å². The Balaban J connectivity index is 1.83. The fourth-order valence-corrected chi connectivity index (χ4v) is 2.80. The van der Waals surface area contributed by atoms with E-state index in [4.69, 9.17) is 21.6 Å². The summed E-state index contributed by atoms with van der Waals surface area (Å²) in [6.07, 6.45) is 0. The Morgan fingerprint density at radius 1 is 0.800 bits per heavy atom. The van der Waals surface area contributed by atoms with E-state index in [0.29, 0.717) is 10.8 Å². The smallest absolute Gasteiger partial charge is 0.162 e. The number of aromatic nitrogens is 2. The predicted octanol–water partition coefficient (Wildman–Crippen LogP) is 6.00. The first kappa shape index (κ1) is 15.6. The van der Waals surface area contributed by atoms with Crippen LogP contribution in [-0.4, -0.2) is 9.97 Å². The lowest BCUT2D eigenvalue weighted by atomic mass is 10.1. The van der Waals surface area contributed by atoms with Crippen LogP contribution < -0.4 is 5.32 Å². The first-order chi connectivity index (χ1) is 12.2. The average Bonchev–Trinajstić information content (AvgIpc) is 2.64. The monoisotopic (exact) mass is 345 g/mol. The second-order valence-corrected chi connectivity index (χ2v) is 6.35. The maximum Gasteiger partial charge on any atom is 0.162 e. The molecule has 0 radical (unpaired) electrons. The van der Waals surface area contributed by atoms with Crippen LogP contribution >= 0.6 is 11.6 Å². The van der Waals surface area contributed by atoms with Crippen molar-refractivity contribution in [2.24, 2.45) is 0 Å². The molecule has 1 heterocycles. The molecule has 4 heteroatoms. The Labute approximate surface area is 151 Å². The van der Waals surface area contributed by atoms with E-state index in [9.17, 15) is 0 Å². The first-order valence-electron chi connectivity index (χ1n) is 8.05. The molecule has 0 atom stereocenters. The Hall–Kier alpha value is -2.91. The summed E-state index contributed by atoms with van der Waals surface area (Å²) in [5.41, 5.74) is 4.05. The number of rotatable bonds is 3. The van der Waals surface area contributed by atoms with E-state index in [1.165, 1.54) is 5.56 Å². The Kier molecular flexibility index (Phi) is 4.08. The van der Waals surface area contributed by atoms with Gasteiger partial charge < -0.3 is 5.32 Å². The molecule has 0 amide bonds. The fourth-order valence-electron chi connectivity index (χ4n) is 2.67. The van der Waals surface area contributed by atoms with Crippen LogP contribution in [0.4, 0.5) is 11.5 Å². The Morgan fingerprint density at radius 2 is 1.52 bits per heavy atom. The number of aryl methyl sites for hydroxylation is 1. The molecule has 4 rings (SSSR count). The first-order valence-corrected chi connectivity index (χ1v) is 8.43. The molecule has 25 heavy (non-hydrogen) atoms. The Morgan fingerprint density at radius 3 is 2.28 bits per heavy atom. The van der Waals surface area contributed by atoms with Crippen molar-refractivity contribution in [3.63, 3.8) is 0 Å². The molecule has 0 saturated heterocycles. The molecule has 4 aromatic rings. The lowest BCUT2D eigenvalue weighted by Crippen LogP contribution is -1.99. The highest BCUT2D eigenvalue weighted by atomic mass is 35.5. The van der Waals surface area contributed by atoms with Gasteiger partial charge in [0.05, 0.1) is 5.52 Å². The van der Waals surface area contributed by atoms with Crippen molar-refractivity contribution in [2.45, 2.75) is 6.92 Å². The molecule has 1 aromatic heterocycles. The zero-order valence-corrected chi connectivity index (χ0v) is 14.5. The molecule has 0 saturated carbocycles. The number of para-hydroxylation sites is 1. The van der Waals surface area contributed by atoms with Crippen molar-refractivity contribution < 1.29 is 0 Å². The van der Waals surface area contributed by atoms with E-state index in [1.807, 2.05) is 60.7 Å². The van der Waals surface area contributed by atoms with Crippen molar-refractivity contribution >= 4 is 34.0 Å².